The van der Waals surface area contributed by atoms with Crippen LogP contribution in [0.3, 0.4) is 0 Å². The van der Waals surface area contributed by atoms with E-state index in [1.165, 1.54) is 44.9 Å². The summed E-state index contributed by atoms with van der Waals surface area (Å²) in [5, 5.41) is 0. The summed E-state index contributed by atoms with van der Waals surface area (Å²) in [5.74, 6) is 1.59. The minimum Gasteiger partial charge on any atom is -0.463 e. The number of esters is 1. The first-order chi connectivity index (χ1) is 12.5. The van der Waals surface area contributed by atoms with Gasteiger partial charge in [-0.3, -0.25) is 9.59 Å². The van der Waals surface area contributed by atoms with Crippen LogP contribution >= 0.6 is 0 Å². The minimum atomic E-state index is -0.0652. The number of carbonyl (C=O) groups is 2. The summed E-state index contributed by atoms with van der Waals surface area (Å²) < 4.78 is 5.16. The molecule has 0 spiro atoms. The number of rotatable bonds is 14. The van der Waals surface area contributed by atoms with Crippen molar-refractivity contribution in [3.8, 4) is 0 Å². The maximum absolute atomic E-state index is 11.9. The van der Waals surface area contributed by atoms with E-state index >= 15 is 0 Å². The Morgan fingerprint density at radius 2 is 1.73 bits per heavy atom. The summed E-state index contributed by atoms with van der Waals surface area (Å²) in [7, 11) is 0. The molecule has 0 saturated heterocycles. The normalized spacial score (nSPS) is 20.2. The van der Waals surface area contributed by atoms with Gasteiger partial charge >= 0.3 is 5.97 Å². The Morgan fingerprint density at radius 3 is 2.46 bits per heavy atom. The van der Waals surface area contributed by atoms with Gasteiger partial charge in [0.15, 0.2) is 5.78 Å². The number of hydrogen-bond acceptors (Lipinski definition) is 3. The third-order valence-electron chi connectivity index (χ3n) is 5.35. The molecule has 3 nitrogen and oxygen atoms in total. The van der Waals surface area contributed by atoms with Gasteiger partial charge < -0.3 is 4.74 Å². The van der Waals surface area contributed by atoms with Crippen molar-refractivity contribution in [3.05, 3.63) is 12.2 Å². The summed E-state index contributed by atoms with van der Waals surface area (Å²) in [6, 6.07) is 0. The summed E-state index contributed by atoms with van der Waals surface area (Å²) in [6.07, 6.45) is 18.2. The lowest BCUT2D eigenvalue weighted by Crippen LogP contribution is -2.10. The molecule has 0 aromatic heterocycles. The molecule has 1 aliphatic carbocycles. The maximum atomic E-state index is 11.9. The van der Waals surface area contributed by atoms with Crippen LogP contribution in [0, 0.1) is 11.8 Å². The molecule has 3 heteroatoms. The van der Waals surface area contributed by atoms with E-state index in [2.05, 4.69) is 13.0 Å². The molecule has 0 radical (unpaired) electrons. The van der Waals surface area contributed by atoms with Gasteiger partial charge in [-0.15, -0.1) is 0 Å². The predicted molar refractivity (Wildman–Crippen MR) is 108 cm³/mol. The van der Waals surface area contributed by atoms with Crippen molar-refractivity contribution >= 4 is 11.8 Å². The van der Waals surface area contributed by atoms with E-state index in [0.717, 1.165) is 31.6 Å². The average molecular weight is 365 g/mol. The average Bonchev–Trinajstić information content (AvgIpc) is 3.03. The second-order valence-electron chi connectivity index (χ2n) is 8.13. The molecule has 150 valence electrons. The zero-order valence-electron chi connectivity index (χ0n) is 17.3. The van der Waals surface area contributed by atoms with Crippen LogP contribution in [-0.4, -0.2) is 17.9 Å². The van der Waals surface area contributed by atoms with E-state index in [4.69, 9.17) is 4.74 Å². The Kier molecular flexibility index (Phi) is 12.3. The standard InChI is InChI=1S/C23H40O3/c1-4-5-8-15-22(24)18-17-21-14-11-13-20(21)12-9-6-7-10-16-23(25)26-19(2)3/h17-21H,4-16H2,1-3H3/b18-17+. The molecule has 0 aromatic carbocycles. The van der Waals surface area contributed by atoms with Crippen molar-refractivity contribution in [2.45, 2.75) is 110 Å². The highest BCUT2D eigenvalue weighted by molar-refractivity contribution is 5.89. The lowest BCUT2D eigenvalue weighted by atomic mass is 9.90. The molecule has 0 aromatic rings. The third kappa shape index (κ3) is 10.8. The lowest BCUT2D eigenvalue weighted by molar-refractivity contribution is -0.147. The van der Waals surface area contributed by atoms with Crippen molar-refractivity contribution in [1.29, 1.82) is 0 Å². The number of carbonyl (C=O) groups excluding carboxylic acids is 2. The molecule has 1 fully saturated rings. The molecular formula is C23H40O3. The number of allylic oxidation sites excluding steroid dienone is 2. The van der Waals surface area contributed by atoms with E-state index < -0.39 is 0 Å². The third-order valence-corrected chi connectivity index (χ3v) is 5.35. The Morgan fingerprint density at radius 1 is 1.00 bits per heavy atom. The fraction of sp³-hybridized carbons (Fsp3) is 0.826. The highest BCUT2D eigenvalue weighted by Crippen LogP contribution is 2.36. The molecule has 26 heavy (non-hydrogen) atoms. The predicted octanol–water partition coefficient (Wildman–Crippen LogP) is 6.40. The van der Waals surface area contributed by atoms with E-state index in [1.807, 2.05) is 19.9 Å². The number of ether oxygens (including phenoxy) is 1. The smallest absolute Gasteiger partial charge is 0.306 e. The van der Waals surface area contributed by atoms with Crippen LogP contribution in [0.5, 0.6) is 0 Å². The Bertz CT molecular complexity index is 425. The van der Waals surface area contributed by atoms with E-state index in [-0.39, 0.29) is 12.1 Å². The quantitative estimate of drug-likeness (QED) is 0.203. The molecule has 0 amide bonds. The van der Waals surface area contributed by atoms with Crippen molar-refractivity contribution in [2.75, 3.05) is 0 Å². The van der Waals surface area contributed by atoms with E-state index in [0.29, 0.717) is 24.5 Å². The molecule has 0 aliphatic heterocycles. The van der Waals surface area contributed by atoms with Crippen LogP contribution in [0.2, 0.25) is 0 Å². The molecular weight excluding hydrogens is 324 g/mol. The zero-order valence-corrected chi connectivity index (χ0v) is 17.3. The van der Waals surface area contributed by atoms with Gasteiger partial charge in [-0.05, 0) is 63.9 Å². The zero-order chi connectivity index (χ0) is 19.2. The van der Waals surface area contributed by atoms with Crippen molar-refractivity contribution < 1.29 is 14.3 Å². The summed E-state index contributed by atoms with van der Waals surface area (Å²) in [5.41, 5.74) is 0. The minimum absolute atomic E-state index is 0.00613. The van der Waals surface area contributed by atoms with Crippen molar-refractivity contribution in [2.24, 2.45) is 11.8 Å². The van der Waals surface area contributed by atoms with E-state index in [9.17, 15) is 9.59 Å². The first-order valence-electron chi connectivity index (χ1n) is 10.9. The molecule has 1 aliphatic rings. The van der Waals surface area contributed by atoms with E-state index in [1.54, 1.807) is 0 Å². The topological polar surface area (TPSA) is 43.4 Å². The second kappa shape index (κ2) is 14.0. The second-order valence-corrected chi connectivity index (χ2v) is 8.13. The van der Waals surface area contributed by atoms with Gasteiger partial charge in [-0.1, -0.05) is 51.5 Å². The van der Waals surface area contributed by atoms with Gasteiger partial charge in [0.25, 0.3) is 0 Å². The van der Waals surface area contributed by atoms with Crippen LogP contribution in [-0.2, 0) is 14.3 Å². The van der Waals surface area contributed by atoms with Gasteiger partial charge in [0.1, 0.15) is 0 Å². The van der Waals surface area contributed by atoms with Gasteiger partial charge in [0.2, 0.25) is 0 Å². The molecule has 2 unspecified atom stereocenters. The largest absolute Gasteiger partial charge is 0.463 e. The van der Waals surface area contributed by atoms with Gasteiger partial charge in [-0.2, -0.15) is 0 Å². The van der Waals surface area contributed by atoms with Gasteiger partial charge in [-0.25, -0.2) is 0 Å². The van der Waals surface area contributed by atoms with Crippen LogP contribution < -0.4 is 0 Å². The Hall–Kier alpha value is -1.12. The van der Waals surface area contributed by atoms with Gasteiger partial charge in [0, 0.05) is 12.8 Å². The highest BCUT2D eigenvalue weighted by atomic mass is 16.5. The van der Waals surface area contributed by atoms with Crippen LogP contribution in [0.15, 0.2) is 12.2 Å². The van der Waals surface area contributed by atoms with Crippen molar-refractivity contribution in [1.82, 2.24) is 0 Å². The highest BCUT2D eigenvalue weighted by Gasteiger charge is 2.24. The Labute approximate surface area is 161 Å². The molecule has 0 bridgehead atoms. The summed E-state index contributed by atoms with van der Waals surface area (Å²) in [4.78, 5) is 23.4. The van der Waals surface area contributed by atoms with Crippen LogP contribution in [0.4, 0.5) is 0 Å². The number of unbranched alkanes of at least 4 members (excludes halogenated alkanes) is 5. The first kappa shape index (κ1) is 22.9. The molecule has 1 saturated carbocycles. The monoisotopic (exact) mass is 364 g/mol. The van der Waals surface area contributed by atoms with Crippen molar-refractivity contribution in [3.63, 3.8) is 0 Å². The summed E-state index contributed by atoms with van der Waals surface area (Å²) >= 11 is 0. The molecule has 1 rings (SSSR count). The fourth-order valence-corrected chi connectivity index (χ4v) is 3.89. The molecule has 0 heterocycles. The van der Waals surface area contributed by atoms with Gasteiger partial charge in [0.05, 0.1) is 6.10 Å². The lowest BCUT2D eigenvalue weighted by Gasteiger charge is -2.16. The number of hydrogen-bond donors (Lipinski definition) is 0. The SMILES string of the molecule is CCCCCC(=O)/C=C/C1CCCC1CCCCCCC(=O)OC(C)C. The maximum Gasteiger partial charge on any atom is 0.306 e. The fourth-order valence-electron chi connectivity index (χ4n) is 3.89. The van der Waals surface area contributed by atoms with Crippen LogP contribution in [0.25, 0.3) is 0 Å². The first-order valence-corrected chi connectivity index (χ1v) is 10.9. The van der Waals surface area contributed by atoms with Crippen LogP contribution in [0.1, 0.15) is 104 Å². The molecule has 0 N–H and O–H groups in total. The molecule has 2 atom stereocenters. The summed E-state index contributed by atoms with van der Waals surface area (Å²) in [6.45, 7) is 5.95. The number of ketones is 1. The Balaban J connectivity index is 2.14.